The first-order valence-corrected chi connectivity index (χ1v) is 7.40. The summed E-state index contributed by atoms with van der Waals surface area (Å²) in [5.41, 5.74) is 3.37. The van der Waals surface area contributed by atoms with Crippen molar-refractivity contribution >= 4 is 16.9 Å². The van der Waals surface area contributed by atoms with Crippen LogP contribution in [0.15, 0.2) is 49.4 Å². The minimum atomic E-state index is -0.00896. The number of methoxy groups -OCH3 is 1. The molecule has 0 fully saturated rings. The molecule has 0 amide bonds. The lowest BCUT2D eigenvalue weighted by Gasteiger charge is -2.23. The topological polar surface area (TPSA) is 75.7 Å². The second-order valence-electron chi connectivity index (χ2n) is 5.24. The highest BCUT2D eigenvalue weighted by atomic mass is 16.5. The molecule has 118 valence electrons. The summed E-state index contributed by atoms with van der Waals surface area (Å²) in [5.74, 6) is 0.747. The van der Waals surface area contributed by atoms with Crippen molar-refractivity contribution in [2.24, 2.45) is 0 Å². The van der Waals surface area contributed by atoms with Crippen molar-refractivity contribution in [3.8, 4) is 11.4 Å². The maximum Gasteiger partial charge on any atom is 0.181 e. The maximum absolute atomic E-state index is 5.39. The first-order chi connectivity index (χ1) is 11.2. The van der Waals surface area contributed by atoms with Crippen LogP contribution in [0.4, 0.5) is 5.69 Å². The lowest BCUT2D eigenvalue weighted by atomic mass is 10.1. The van der Waals surface area contributed by atoms with Crippen LogP contribution in [0.25, 0.3) is 22.6 Å². The molecule has 0 saturated carbocycles. The lowest BCUT2D eigenvalue weighted by Crippen LogP contribution is -2.30. The van der Waals surface area contributed by atoms with Crippen molar-refractivity contribution in [3.63, 3.8) is 0 Å². The second kappa shape index (κ2) is 6.58. The van der Waals surface area contributed by atoms with E-state index in [1.54, 1.807) is 13.3 Å². The highest BCUT2D eigenvalue weighted by molar-refractivity contribution is 5.80. The Hall–Kier alpha value is -2.73. The summed E-state index contributed by atoms with van der Waals surface area (Å²) in [7, 11) is 1.69. The van der Waals surface area contributed by atoms with E-state index in [0.717, 1.165) is 22.6 Å². The Kier molecular flexibility index (Phi) is 4.34. The number of H-pyrrole nitrogens is 1. The van der Waals surface area contributed by atoms with Crippen molar-refractivity contribution in [2.75, 3.05) is 12.4 Å². The Morgan fingerprint density at radius 3 is 2.91 bits per heavy atom. The molecular weight excluding hydrogens is 290 g/mol. The van der Waals surface area contributed by atoms with Crippen LogP contribution >= 0.6 is 0 Å². The normalized spacial score (nSPS) is 13.7. The predicted octanol–water partition coefficient (Wildman–Crippen LogP) is 3.02. The molecular formula is C17H19N5O. The fraction of sp³-hybridized carbons (Fsp3) is 0.235. The minimum absolute atomic E-state index is 0.00194. The van der Waals surface area contributed by atoms with Crippen LogP contribution in [0.1, 0.15) is 6.92 Å². The number of nitrogens with one attached hydrogen (secondary N) is 2. The second-order valence-corrected chi connectivity index (χ2v) is 5.24. The average molecular weight is 309 g/mol. The van der Waals surface area contributed by atoms with Gasteiger partial charge < -0.3 is 15.0 Å². The SMILES string of the molecule is C=CC(Nc1ccccc1-c1nc2ncncc2[nH]1)C(C)OC. The van der Waals surface area contributed by atoms with Gasteiger partial charge in [-0.2, -0.15) is 0 Å². The fourth-order valence-electron chi connectivity index (χ4n) is 2.40. The molecule has 2 N–H and O–H groups in total. The molecule has 2 heterocycles. The highest BCUT2D eigenvalue weighted by Gasteiger charge is 2.16. The molecule has 2 aromatic heterocycles. The smallest absolute Gasteiger partial charge is 0.181 e. The van der Waals surface area contributed by atoms with E-state index in [1.165, 1.54) is 6.33 Å². The molecule has 3 rings (SSSR count). The molecule has 0 spiro atoms. The summed E-state index contributed by atoms with van der Waals surface area (Å²) in [6, 6.07) is 7.96. The van der Waals surface area contributed by atoms with Crippen molar-refractivity contribution < 1.29 is 4.74 Å². The Bertz CT molecular complexity index is 780. The number of rotatable bonds is 6. The molecule has 0 radical (unpaired) electrons. The largest absolute Gasteiger partial charge is 0.379 e. The number of aromatic amines is 1. The molecule has 2 unspecified atom stereocenters. The molecule has 6 nitrogen and oxygen atoms in total. The zero-order valence-electron chi connectivity index (χ0n) is 13.2. The van der Waals surface area contributed by atoms with E-state index in [4.69, 9.17) is 4.74 Å². The van der Waals surface area contributed by atoms with Gasteiger partial charge in [-0.3, -0.25) is 0 Å². The van der Waals surface area contributed by atoms with Gasteiger partial charge in [-0.15, -0.1) is 6.58 Å². The molecule has 0 saturated heterocycles. The number of aromatic nitrogens is 4. The number of para-hydroxylation sites is 1. The summed E-state index contributed by atoms with van der Waals surface area (Å²) >= 11 is 0. The molecule has 0 bridgehead atoms. The summed E-state index contributed by atoms with van der Waals surface area (Å²) < 4.78 is 5.39. The van der Waals surface area contributed by atoms with E-state index in [2.05, 4.69) is 31.8 Å². The van der Waals surface area contributed by atoms with Crippen molar-refractivity contribution in [3.05, 3.63) is 49.4 Å². The third-order valence-electron chi connectivity index (χ3n) is 3.80. The van der Waals surface area contributed by atoms with E-state index in [-0.39, 0.29) is 12.1 Å². The lowest BCUT2D eigenvalue weighted by molar-refractivity contribution is 0.113. The number of hydrogen-bond acceptors (Lipinski definition) is 5. The summed E-state index contributed by atoms with van der Waals surface area (Å²) in [6.45, 7) is 5.88. The van der Waals surface area contributed by atoms with E-state index in [0.29, 0.717) is 5.65 Å². The molecule has 23 heavy (non-hydrogen) atoms. The maximum atomic E-state index is 5.39. The fourth-order valence-corrected chi connectivity index (χ4v) is 2.40. The molecule has 2 atom stereocenters. The first-order valence-electron chi connectivity index (χ1n) is 7.40. The van der Waals surface area contributed by atoms with Crippen LogP contribution < -0.4 is 5.32 Å². The Morgan fingerprint density at radius 1 is 1.35 bits per heavy atom. The van der Waals surface area contributed by atoms with Gasteiger partial charge in [-0.25, -0.2) is 15.0 Å². The van der Waals surface area contributed by atoms with Gasteiger partial charge in [0.25, 0.3) is 0 Å². The molecule has 0 aliphatic carbocycles. The summed E-state index contributed by atoms with van der Waals surface area (Å²) in [5, 5.41) is 3.45. The Balaban J connectivity index is 1.98. The van der Waals surface area contributed by atoms with Crippen molar-refractivity contribution in [1.82, 2.24) is 19.9 Å². The number of hydrogen-bond donors (Lipinski definition) is 2. The number of ether oxygens (including phenoxy) is 1. The van der Waals surface area contributed by atoms with Crippen LogP contribution in [-0.4, -0.2) is 39.2 Å². The monoisotopic (exact) mass is 309 g/mol. The third-order valence-corrected chi connectivity index (χ3v) is 3.80. The quantitative estimate of drug-likeness (QED) is 0.685. The third kappa shape index (κ3) is 3.07. The number of imidazole rings is 1. The zero-order valence-corrected chi connectivity index (χ0v) is 13.2. The van der Waals surface area contributed by atoms with Crippen LogP contribution in [0, 0.1) is 0 Å². The van der Waals surface area contributed by atoms with Gasteiger partial charge in [0.2, 0.25) is 0 Å². The highest BCUT2D eigenvalue weighted by Crippen LogP contribution is 2.27. The predicted molar refractivity (Wildman–Crippen MR) is 91.2 cm³/mol. The summed E-state index contributed by atoms with van der Waals surface area (Å²) in [4.78, 5) is 16.0. The number of anilines is 1. The summed E-state index contributed by atoms with van der Waals surface area (Å²) in [6.07, 6.45) is 5.05. The van der Waals surface area contributed by atoms with Gasteiger partial charge in [0, 0.05) is 18.4 Å². The van der Waals surface area contributed by atoms with E-state index in [1.807, 2.05) is 37.3 Å². The van der Waals surface area contributed by atoms with E-state index >= 15 is 0 Å². The minimum Gasteiger partial charge on any atom is -0.379 e. The van der Waals surface area contributed by atoms with Crippen LogP contribution in [0.3, 0.4) is 0 Å². The van der Waals surface area contributed by atoms with Crippen molar-refractivity contribution in [2.45, 2.75) is 19.1 Å². The molecule has 1 aromatic carbocycles. The van der Waals surface area contributed by atoms with Crippen LogP contribution in [0.5, 0.6) is 0 Å². The van der Waals surface area contributed by atoms with Crippen molar-refractivity contribution in [1.29, 1.82) is 0 Å². The molecule has 0 aliphatic rings. The first kappa shape index (κ1) is 15.2. The van der Waals surface area contributed by atoms with Gasteiger partial charge in [-0.1, -0.05) is 18.2 Å². The number of benzene rings is 1. The molecule has 0 aliphatic heterocycles. The average Bonchev–Trinajstić information content (AvgIpc) is 3.03. The zero-order chi connectivity index (χ0) is 16.2. The number of nitrogens with zero attached hydrogens (tertiary/aromatic N) is 3. The van der Waals surface area contributed by atoms with Crippen LogP contribution in [-0.2, 0) is 4.74 Å². The molecule has 3 aromatic rings. The Labute approximate surface area is 134 Å². The van der Waals surface area contributed by atoms with Gasteiger partial charge in [0.05, 0.1) is 18.3 Å². The van der Waals surface area contributed by atoms with Gasteiger partial charge in [0.15, 0.2) is 5.65 Å². The van der Waals surface area contributed by atoms with Crippen LogP contribution in [0.2, 0.25) is 0 Å². The van der Waals surface area contributed by atoms with E-state index in [9.17, 15) is 0 Å². The number of fused-ring (bicyclic) bond motifs is 1. The van der Waals surface area contributed by atoms with Gasteiger partial charge in [0.1, 0.15) is 17.7 Å². The van der Waals surface area contributed by atoms with Gasteiger partial charge in [-0.05, 0) is 19.1 Å². The Morgan fingerprint density at radius 2 is 2.17 bits per heavy atom. The van der Waals surface area contributed by atoms with Gasteiger partial charge >= 0.3 is 0 Å². The van der Waals surface area contributed by atoms with E-state index < -0.39 is 0 Å². The molecule has 6 heteroatoms. The standard InChI is InChI=1S/C17H19N5O/c1-4-13(11(2)23-3)20-14-8-6-5-7-12(14)16-21-15-9-18-10-19-17(15)22-16/h4-11,13,20H,1H2,2-3H3,(H,18,19,21,22).